The number of halogens is 2. The summed E-state index contributed by atoms with van der Waals surface area (Å²) in [5.41, 5.74) is 1.06. The Hall–Kier alpha value is -1.46. The molecule has 1 aromatic heterocycles. The smallest absolute Gasteiger partial charge is 0.308 e. The van der Waals surface area contributed by atoms with Gasteiger partial charge >= 0.3 is 5.97 Å². The number of carboxylic acids is 1. The van der Waals surface area contributed by atoms with E-state index in [-0.39, 0.29) is 18.7 Å². The van der Waals surface area contributed by atoms with Crippen LogP contribution in [0.25, 0.3) is 0 Å². The number of aromatic nitrogens is 1. The van der Waals surface area contributed by atoms with Gasteiger partial charge in [-0.15, -0.1) is 11.3 Å². The van der Waals surface area contributed by atoms with Crippen LogP contribution >= 0.6 is 22.9 Å². The monoisotopic (exact) mass is 299 g/mol. The fourth-order valence-electron chi connectivity index (χ4n) is 1.72. The maximum Gasteiger partial charge on any atom is 0.308 e. The van der Waals surface area contributed by atoms with Gasteiger partial charge in [-0.2, -0.15) is 0 Å². The zero-order valence-corrected chi connectivity index (χ0v) is 11.7. The minimum atomic E-state index is -0.901. The molecular formula is C13H11ClFNO2S. The van der Waals surface area contributed by atoms with Crippen LogP contribution in [0, 0.1) is 12.7 Å². The first-order chi connectivity index (χ1) is 8.97. The summed E-state index contributed by atoms with van der Waals surface area (Å²) in [6, 6.07) is 4.52. The molecular weight excluding hydrogens is 289 g/mol. The van der Waals surface area contributed by atoms with Crippen molar-refractivity contribution in [3.63, 3.8) is 0 Å². The van der Waals surface area contributed by atoms with Crippen LogP contribution in [0.1, 0.15) is 21.1 Å². The summed E-state index contributed by atoms with van der Waals surface area (Å²) >= 11 is 7.24. The number of nitrogens with zero attached hydrogens (tertiary/aromatic N) is 1. The third-order valence-electron chi connectivity index (χ3n) is 2.64. The summed E-state index contributed by atoms with van der Waals surface area (Å²) in [7, 11) is 0. The second kappa shape index (κ2) is 5.67. The fraction of sp³-hybridized carbons (Fsp3) is 0.231. The molecule has 0 aliphatic rings. The lowest BCUT2D eigenvalue weighted by molar-refractivity contribution is -0.136. The maximum atomic E-state index is 13.7. The van der Waals surface area contributed by atoms with Gasteiger partial charge in [-0.25, -0.2) is 9.37 Å². The van der Waals surface area contributed by atoms with Crippen molar-refractivity contribution in [2.75, 3.05) is 0 Å². The Morgan fingerprint density at radius 1 is 1.53 bits per heavy atom. The van der Waals surface area contributed by atoms with Crippen molar-refractivity contribution in [3.05, 3.63) is 50.2 Å². The molecule has 0 fully saturated rings. The van der Waals surface area contributed by atoms with Crippen molar-refractivity contribution in [2.45, 2.75) is 19.8 Å². The second-order valence-electron chi connectivity index (χ2n) is 4.06. The molecule has 0 spiro atoms. The number of thiazole rings is 1. The van der Waals surface area contributed by atoms with Gasteiger partial charge in [0.25, 0.3) is 0 Å². The molecule has 0 atom stereocenters. The molecule has 0 aliphatic carbocycles. The van der Waals surface area contributed by atoms with Crippen molar-refractivity contribution >= 4 is 28.9 Å². The average Bonchev–Trinajstić information content (AvgIpc) is 2.64. The molecule has 1 N–H and O–H groups in total. The van der Waals surface area contributed by atoms with E-state index in [0.717, 1.165) is 0 Å². The molecule has 0 radical (unpaired) electrons. The van der Waals surface area contributed by atoms with Gasteiger partial charge in [0.05, 0.1) is 17.1 Å². The zero-order valence-electron chi connectivity index (χ0n) is 10.1. The van der Waals surface area contributed by atoms with E-state index in [1.165, 1.54) is 17.4 Å². The average molecular weight is 300 g/mol. The molecule has 1 heterocycles. The summed E-state index contributed by atoms with van der Waals surface area (Å²) in [4.78, 5) is 15.7. The van der Waals surface area contributed by atoms with E-state index in [2.05, 4.69) is 4.98 Å². The van der Waals surface area contributed by atoms with Crippen molar-refractivity contribution < 1.29 is 14.3 Å². The summed E-state index contributed by atoms with van der Waals surface area (Å²) in [6.07, 6.45) is 0.213. The lowest BCUT2D eigenvalue weighted by Gasteiger charge is -2.02. The highest BCUT2D eigenvalue weighted by Gasteiger charge is 2.14. The first-order valence-corrected chi connectivity index (χ1v) is 6.76. The Balaban J connectivity index is 2.27. The molecule has 0 saturated heterocycles. The van der Waals surface area contributed by atoms with E-state index in [1.807, 2.05) is 0 Å². The van der Waals surface area contributed by atoms with Crippen LogP contribution in [0.2, 0.25) is 5.02 Å². The van der Waals surface area contributed by atoms with Crippen LogP contribution in [-0.2, 0) is 17.6 Å². The Bertz CT molecular complexity index is 607. The minimum Gasteiger partial charge on any atom is -0.481 e. The van der Waals surface area contributed by atoms with Crippen LogP contribution in [0.4, 0.5) is 4.39 Å². The third kappa shape index (κ3) is 3.30. The molecule has 0 aliphatic heterocycles. The Labute approximate surface area is 118 Å². The van der Waals surface area contributed by atoms with Crippen molar-refractivity contribution in [1.82, 2.24) is 4.98 Å². The molecule has 0 saturated carbocycles. The summed E-state index contributed by atoms with van der Waals surface area (Å²) in [5.74, 6) is -1.28. The molecule has 3 nitrogen and oxygen atoms in total. The van der Waals surface area contributed by atoms with Crippen LogP contribution in [0.15, 0.2) is 18.2 Å². The van der Waals surface area contributed by atoms with Gasteiger partial charge in [-0.1, -0.05) is 17.7 Å². The van der Waals surface area contributed by atoms with Crippen LogP contribution in [0.5, 0.6) is 0 Å². The number of hydrogen-bond donors (Lipinski definition) is 1. The van der Waals surface area contributed by atoms with Crippen molar-refractivity contribution in [1.29, 1.82) is 0 Å². The van der Waals surface area contributed by atoms with E-state index in [9.17, 15) is 9.18 Å². The molecule has 6 heteroatoms. The van der Waals surface area contributed by atoms with Gasteiger partial charge in [-0.3, -0.25) is 4.79 Å². The molecule has 2 aromatic rings. The van der Waals surface area contributed by atoms with Gasteiger partial charge in [0.15, 0.2) is 0 Å². The van der Waals surface area contributed by atoms with E-state index in [1.54, 1.807) is 19.1 Å². The molecule has 1 aromatic carbocycles. The number of aryl methyl sites for hydroxylation is 1. The van der Waals surface area contributed by atoms with Gasteiger partial charge in [0.1, 0.15) is 5.82 Å². The van der Waals surface area contributed by atoms with Crippen molar-refractivity contribution in [3.8, 4) is 0 Å². The second-order valence-corrected chi connectivity index (χ2v) is 5.64. The highest BCUT2D eigenvalue weighted by Crippen LogP contribution is 2.26. The lowest BCUT2D eigenvalue weighted by atomic mass is 10.1. The van der Waals surface area contributed by atoms with Gasteiger partial charge in [-0.05, 0) is 19.1 Å². The maximum absolute atomic E-state index is 13.7. The predicted octanol–water partition coefficient (Wildman–Crippen LogP) is 3.46. The molecule has 19 heavy (non-hydrogen) atoms. The van der Waals surface area contributed by atoms with Crippen LogP contribution in [0.3, 0.4) is 0 Å². The fourth-order valence-corrected chi connectivity index (χ4v) is 3.02. The highest BCUT2D eigenvalue weighted by molar-refractivity contribution is 7.11. The lowest BCUT2D eigenvalue weighted by Crippen LogP contribution is -1.99. The topological polar surface area (TPSA) is 50.2 Å². The summed E-state index contributed by atoms with van der Waals surface area (Å²) < 4.78 is 13.7. The standard InChI is InChI=1S/C13H11ClFNO2S/c1-7-11(6-13(17)18)19-12(16-7)5-8-9(14)3-2-4-10(8)15/h2-4H,5-6H2,1H3,(H,17,18). The first kappa shape index (κ1) is 14.0. The zero-order chi connectivity index (χ0) is 14.0. The molecule has 2 rings (SSSR count). The highest BCUT2D eigenvalue weighted by atomic mass is 35.5. The third-order valence-corrected chi connectivity index (χ3v) is 4.15. The van der Waals surface area contributed by atoms with E-state index in [0.29, 0.717) is 26.2 Å². The van der Waals surface area contributed by atoms with Crippen molar-refractivity contribution in [2.24, 2.45) is 0 Å². The largest absolute Gasteiger partial charge is 0.481 e. The Morgan fingerprint density at radius 2 is 2.26 bits per heavy atom. The number of carboxylic acid groups (broad SMARTS) is 1. The van der Waals surface area contributed by atoms with Gasteiger partial charge in [0, 0.05) is 21.9 Å². The predicted molar refractivity (Wildman–Crippen MR) is 72.4 cm³/mol. The molecule has 100 valence electrons. The number of benzene rings is 1. The minimum absolute atomic E-state index is 0.0610. The number of rotatable bonds is 4. The van der Waals surface area contributed by atoms with E-state index >= 15 is 0 Å². The van der Waals surface area contributed by atoms with Gasteiger partial charge in [0.2, 0.25) is 0 Å². The molecule has 0 unspecified atom stereocenters. The first-order valence-electron chi connectivity index (χ1n) is 5.57. The normalized spacial score (nSPS) is 10.7. The quantitative estimate of drug-likeness (QED) is 0.940. The summed E-state index contributed by atoms with van der Waals surface area (Å²) in [6.45, 7) is 1.75. The number of hydrogen-bond acceptors (Lipinski definition) is 3. The molecule has 0 bridgehead atoms. The molecule has 0 amide bonds. The van der Waals surface area contributed by atoms with E-state index in [4.69, 9.17) is 16.7 Å². The van der Waals surface area contributed by atoms with Crippen LogP contribution < -0.4 is 0 Å². The number of aliphatic carboxylic acids is 1. The number of carbonyl (C=O) groups is 1. The Morgan fingerprint density at radius 3 is 2.89 bits per heavy atom. The van der Waals surface area contributed by atoms with Gasteiger partial charge < -0.3 is 5.11 Å². The van der Waals surface area contributed by atoms with Crippen LogP contribution in [-0.4, -0.2) is 16.1 Å². The van der Waals surface area contributed by atoms with E-state index < -0.39 is 5.97 Å². The summed E-state index contributed by atoms with van der Waals surface area (Å²) in [5, 5.41) is 9.80. The SMILES string of the molecule is Cc1nc(Cc2c(F)cccc2Cl)sc1CC(=O)O. The Kier molecular flexibility index (Phi) is 4.17.